The topological polar surface area (TPSA) is 75.5 Å². The quantitative estimate of drug-likeness (QED) is 0.835. The van der Waals surface area contributed by atoms with Crippen molar-refractivity contribution in [2.24, 2.45) is 5.92 Å². The zero-order chi connectivity index (χ0) is 14.5. The van der Waals surface area contributed by atoms with Crippen LogP contribution in [0, 0.1) is 17.2 Å². The van der Waals surface area contributed by atoms with E-state index in [9.17, 15) is 4.79 Å². The van der Waals surface area contributed by atoms with Crippen molar-refractivity contribution in [2.45, 2.75) is 12.8 Å². The van der Waals surface area contributed by atoms with Crippen molar-refractivity contribution in [1.29, 1.82) is 5.26 Å². The molecule has 0 unspecified atom stereocenters. The normalized spacial score (nSPS) is 18.2. The standard InChI is InChI=1S/C14H17N3O3/c1-19-12-6-5-11(13(16-12)20-2)14(18)17-7-3-4-10(8-15)9-17/h5-6,10H,3-4,7,9H2,1-2H3/t10-/m0/s1. The van der Waals surface area contributed by atoms with Gasteiger partial charge >= 0.3 is 0 Å². The fourth-order valence-electron chi connectivity index (χ4n) is 2.29. The number of ether oxygens (including phenoxy) is 2. The second kappa shape index (κ2) is 6.24. The summed E-state index contributed by atoms with van der Waals surface area (Å²) in [5, 5.41) is 8.99. The zero-order valence-corrected chi connectivity index (χ0v) is 11.6. The van der Waals surface area contributed by atoms with Gasteiger partial charge in [-0.15, -0.1) is 0 Å². The number of aromatic nitrogens is 1. The number of nitriles is 1. The summed E-state index contributed by atoms with van der Waals surface area (Å²) < 4.78 is 10.2. The highest BCUT2D eigenvalue weighted by Gasteiger charge is 2.26. The number of carbonyl (C=O) groups excluding carboxylic acids is 1. The Hall–Kier alpha value is -2.29. The molecule has 20 heavy (non-hydrogen) atoms. The SMILES string of the molecule is COc1ccc(C(=O)N2CCC[C@@H](C#N)C2)c(OC)n1. The maximum absolute atomic E-state index is 12.5. The van der Waals surface area contributed by atoms with Crippen molar-refractivity contribution in [2.75, 3.05) is 27.3 Å². The second-order valence-corrected chi connectivity index (χ2v) is 4.63. The average molecular weight is 275 g/mol. The monoisotopic (exact) mass is 275 g/mol. The molecule has 0 N–H and O–H groups in total. The fourth-order valence-corrected chi connectivity index (χ4v) is 2.29. The van der Waals surface area contributed by atoms with Crippen molar-refractivity contribution >= 4 is 5.91 Å². The number of methoxy groups -OCH3 is 2. The molecule has 106 valence electrons. The van der Waals surface area contributed by atoms with E-state index in [0.717, 1.165) is 12.8 Å². The Morgan fingerprint density at radius 3 is 2.90 bits per heavy atom. The van der Waals surface area contributed by atoms with Crippen molar-refractivity contribution < 1.29 is 14.3 Å². The maximum atomic E-state index is 12.5. The predicted octanol–water partition coefficient (Wildman–Crippen LogP) is 1.47. The van der Waals surface area contributed by atoms with Crippen LogP contribution in [-0.4, -0.2) is 43.1 Å². The van der Waals surface area contributed by atoms with Crippen LogP contribution in [0.3, 0.4) is 0 Å². The Bertz CT molecular complexity index is 539. The van der Waals surface area contributed by atoms with Gasteiger partial charge in [0.25, 0.3) is 5.91 Å². The average Bonchev–Trinajstić information content (AvgIpc) is 2.53. The predicted molar refractivity (Wildman–Crippen MR) is 71.6 cm³/mol. The molecular formula is C14H17N3O3. The first-order valence-corrected chi connectivity index (χ1v) is 6.47. The molecule has 1 amide bonds. The van der Waals surface area contributed by atoms with Crippen LogP contribution in [0.4, 0.5) is 0 Å². The van der Waals surface area contributed by atoms with Crippen molar-refractivity contribution in [3.05, 3.63) is 17.7 Å². The smallest absolute Gasteiger partial charge is 0.259 e. The molecule has 0 bridgehead atoms. The van der Waals surface area contributed by atoms with E-state index in [-0.39, 0.29) is 17.7 Å². The minimum atomic E-state index is -0.156. The fraction of sp³-hybridized carbons (Fsp3) is 0.500. The summed E-state index contributed by atoms with van der Waals surface area (Å²) in [6, 6.07) is 5.49. The molecule has 1 aromatic heterocycles. The van der Waals surface area contributed by atoms with Gasteiger partial charge < -0.3 is 14.4 Å². The minimum Gasteiger partial charge on any atom is -0.481 e. The molecule has 1 aliphatic heterocycles. The lowest BCUT2D eigenvalue weighted by atomic mass is 9.99. The van der Waals surface area contributed by atoms with Gasteiger partial charge in [0, 0.05) is 19.2 Å². The largest absolute Gasteiger partial charge is 0.481 e. The molecule has 2 heterocycles. The number of pyridine rings is 1. The van der Waals surface area contributed by atoms with Gasteiger partial charge in [-0.1, -0.05) is 0 Å². The van der Waals surface area contributed by atoms with Crippen molar-refractivity contribution in [1.82, 2.24) is 9.88 Å². The number of amides is 1. The number of hydrogen-bond acceptors (Lipinski definition) is 5. The van der Waals surface area contributed by atoms with Gasteiger partial charge in [0.1, 0.15) is 5.56 Å². The molecule has 0 aromatic carbocycles. The zero-order valence-electron chi connectivity index (χ0n) is 11.6. The van der Waals surface area contributed by atoms with E-state index in [0.29, 0.717) is 24.5 Å². The van der Waals surface area contributed by atoms with E-state index < -0.39 is 0 Å². The highest BCUT2D eigenvalue weighted by atomic mass is 16.5. The van der Waals surface area contributed by atoms with E-state index in [1.807, 2.05) is 0 Å². The van der Waals surface area contributed by atoms with E-state index in [1.165, 1.54) is 14.2 Å². The third-order valence-corrected chi connectivity index (χ3v) is 3.36. The molecule has 1 aromatic rings. The lowest BCUT2D eigenvalue weighted by molar-refractivity contribution is 0.0694. The number of rotatable bonds is 3. The summed E-state index contributed by atoms with van der Waals surface area (Å²) >= 11 is 0. The summed E-state index contributed by atoms with van der Waals surface area (Å²) in [5.41, 5.74) is 0.395. The van der Waals surface area contributed by atoms with Gasteiger partial charge in [0.05, 0.1) is 26.2 Å². The van der Waals surface area contributed by atoms with Crippen LogP contribution >= 0.6 is 0 Å². The molecule has 6 heteroatoms. The van der Waals surface area contributed by atoms with Crippen LogP contribution in [0.15, 0.2) is 12.1 Å². The number of likely N-dealkylation sites (tertiary alicyclic amines) is 1. The molecule has 1 atom stereocenters. The van der Waals surface area contributed by atoms with Crippen molar-refractivity contribution in [3.8, 4) is 17.8 Å². The molecule has 6 nitrogen and oxygen atoms in total. The molecule has 0 saturated carbocycles. The first kappa shape index (κ1) is 14.1. The van der Waals surface area contributed by atoms with Crippen LogP contribution in [0.5, 0.6) is 11.8 Å². The molecule has 0 spiro atoms. The third-order valence-electron chi connectivity index (χ3n) is 3.36. The Morgan fingerprint density at radius 2 is 2.25 bits per heavy atom. The summed E-state index contributed by atoms with van der Waals surface area (Å²) in [7, 11) is 2.97. The number of carbonyl (C=O) groups is 1. The Labute approximate surface area is 117 Å². The molecule has 1 fully saturated rings. The van der Waals surface area contributed by atoms with Crippen LogP contribution < -0.4 is 9.47 Å². The third kappa shape index (κ3) is 2.82. The number of hydrogen-bond donors (Lipinski definition) is 0. The van der Waals surface area contributed by atoms with Gasteiger partial charge in [0.15, 0.2) is 0 Å². The number of nitrogens with zero attached hydrogens (tertiary/aromatic N) is 3. The van der Waals surface area contributed by atoms with E-state index in [1.54, 1.807) is 17.0 Å². The lowest BCUT2D eigenvalue weighted by Gasteiger charge is -2.29. The molecule has 0 aliphatic carbocycles. The van der Waals surface area contributed by atoms with Gasteiger partial charge in [-0.3, -0.25) is 4.79 Å². The Morgan fingerprint density at radius 1 is 1.45 bits per heavy atom. The Kier molecular flexibility index (Phi) is 4.41. The maximum Gasteiger partial charge on any atom is 0.259 e. The first-order chi connectivity index (χ1) is 9.69. The van der Waals surface area contributed by atoms with Gasteiger partial charge in [0.2, 0.25) is 11.8 Å². The van der Waals surface area contributed by atoms with Crippen LogP contribution in [0.25, 0.3) is 0 Å². The summed E-state index contributed by atoms with van der Waals surface area (Å²) in [5.74, 6) is 0.391. The van der Waals surface area contributed by atoms with E-state index >= 15 is 0 Å². The van der Waals surface area contributed by atoms with Crippen molar-refractivity contribution in [3.63, 3.8) is 0 Å². The lowest BCUT2D eigenvalue weighted by Crippen LogP contribution is -2.39. The molecule has 0 radical (unpaired) electrons. The summed E-state index contributed by atoms with van der Waals surface area (Å²) in [4.78, 5) is 18.3. The Balaban J connectivity index is 2.22. The highest BCUT2D eigenvalue weighted by Crippen LogP contribution is 2.24. The first-order valence-electron chi connectivity index (χ1n) is 6.47. The minimum absolute atomic E-state index is 0.0927. The van der Waals surface area contributed by atoms with E-state index in [4.69, 9.17) is 14.7 Å². The van der Waals surface area contributed by atoms with Gasteiger partial charge in [-0.25, -0.2) is 0 Å². The molecule has 1 aliphatic rings. The molecule has 1 saturated heterocycles. The van der Waals surface area contributed by atoms with Crippen LogP contribution in [-0.2, 0) is 0 Å². The highest BCUT2D eigenvalue weighted by molar-refractivity contribution is 5.96. The second-order valence-electron chi connectivity index (χ2n) is 4.63. The van der Waals surface area contributed by atoms with Crippen LogP contribution in [0.1, 0.15) is 23.2 Å². The molecular weight excluding hydrogens is 258 g/mol. The summed E-state index contributed by atoms with van der Waals surface area (Å²) in [6.07, 6.45) is 1.69. The molecule has 2 rings (SSSR count). The van der Waals surface area contributed by atoms with Crippen LogP contribution in [0.2, 0.25) is 0 Å². The number of piperidine rings is 1. The van der Waals surface area contributed by atoms with Gasteiger partial charge in [-0.2, -0.15) is 10.2 Å². The van der Waals surface area contributed by atoms with E-state index in [2.05, 4.69) is 11.1 Å². The summed E-state index contributed by atoms with van der Waals surface area (Å²) in [6.45, 7) is 1.12. The van der Waals surface area contributed by atoms with Gasteiger partial charge in [-0.05, 0) is 18.9 Å².